The lowest BCUT2D eigenvalue weighted by Crippen LogP contribution is -2.42. The standard InChI is InChI=1S/C22H26N8/c1-22(14-23)7-10-29(11-8-22)18-13-25-19-20(26-18)27-28-21(19)30-9-3-4-15-12-16(24-2)5-6-17(15)30/h5-6,12-13H,3-4,7-11,14,23H2,1H3,(H,26,27,28). The Kier molecular flexibility index (Phi) is 4.55. The van der Waals surface area contributed by atoms with Crippen molar-refractivity contribution in [1.29, 1.82) is 0 Å². The van der Waals surface area contributed by atoms with Gasteiger partial charge in [-0.3, -0.25) is 5.10 Å². The molecule has 8 heteroatoms. The summed E-state index contributed by atoms with van der Waals surface area (Å²) in [5.74, 6) is 1.69. The van der Waals surface area contributed by atoms with E-state index in [4.69, 9.17) is 22.3 Å². The van der Waals surface area contributed by atoms with E-state index in [1.807, 2.05) is 24.4 Å². The van der Waals surface area contributed by atoms with Crippen molar-refractivity contribution in [3.63, 3.8) is 0 Å². The first-order valence-electron chi connectivity index (χ1n) is 10.5. The molecular weight excluding hydrogens is 376 g/mol. The molecule has 0 spiro atoms. The quantitative estimate of drug-likeness (QED) is 0.651. The Morgan fingerprint density at radius 2 is 2.10 bits per heavy atom. The van der Waals surface area contributed by atoms with Gasteiger partial charge in [-0.2, -0.15) is 5.10 Å². The maximum absolute atomic E-state index is 7.26. The minimum absolute atomic E-state index is 0.226. The monoisotopic (exact) mass is 402 g/mol. The Balaban J connectivity index is 1.44. The number of piperidine rings is 1. The maximum atomic E-state index is 7.26. The molecule has 8 nitrogen and oxygen atoms in total. The molecule has 1 aromatic carbocycles. The fraction of sp³-hybridized carbons (Fsp3) is 0.455. The van der Waals surface area contributed by atoms with Crippen LogP contribution < -0.4 is 15.5 Å². The van der Waals surface area contributed by atoms with Crippen LogP contribution >= 0.6 is 0 Å². The smallest absolute Gasteiger partial charge is 0.187 e. The van der Waals surface area contributed by atoms with Crippen LogP contribution in [0.15, 0.2) is 24.4 Å². The summed E-state index contributed by atoms with van der Waals surface area (Å²) in [6.45, 7) is 13.0. The summed E-state index contributed by atoms with van der Waals surface area (Å²) in [6.07, 6.45) is 5.98. The van der Waals surface area contributed by atoms with Gasteiger partial charge in [-0.1, -0.05) is 19.1 Å². The van der Waals surface area contributed by atoms with E-state index in [0.29, 0.717) is 11.3 Å². The minimum atomic E-state index is 0.226. The van der Waals surface area contributed by atoms with Crippen molar-refractivity contribution in [3.05, 3.63) is 41.4 Å². The molecule has 5 rings (SSSR count). The number of benzene rings is 1. The van der Waals surface area contributed by atoms with Crippen LogP contribution in [0.5, 0.6) is 0 Å². The topological polar surface area (TPSA) is 91.3 Å². The van der Waals surface area contributed by atoms with Gasteiger partial charge in [-0.25, -0.2) is 14.8 Å². The normalized spacial score (nSPS) is 18.3. The minimum Gasteiger partial charge on any atom is -0.355 e. The van der Waals surface area contributed by atoms with E-state index in [-0.39, 0.29) is 5.41 Å². The highest BCUT2D eigenvalue weighted by atomic mass is 15.3. The molecule has 2 aromatic heterocycles. The van der Waals surface area contributed by atoms with Crippen LogP contribution in [-0.4, -0.2) is 46.3 Å². The van der Waals surface area contributed by atoms with Crippen LogP contribution in [0.4, 0.5) is 23.0 Å². The van der Waals surface area contributed by atoms with Gasteiger partial charge in [0.05, 0.1) is 12.8 Å². The Hall–Kier alpha value is -3.18. The maximum Gasteiger partial charge on any atom is 0.187 e. The Morgan fingerprint density at radius 3 is 2.87 bits per heavy atom. The van der Waals surface area contributed by atoms with E-state index < -0.39 is 0 Å². The summed E-state index contributed by atoms with van der Waals surface area (Å²) in [6, 6.07) is 5.87. The van der Waals surface area contributed by atoms with E-state index in [0.717, 1.165) is 74.7 Å². The van der Waals surface area contributed by atoms with Gasteiger partial charge in [0.2, 0.25) is 0 Å². The van der Waals surface area contributed by atoms with E-state index in [1.54, 1.807) is 0 Å². The summed E-state index contributed by atoms with van der Waals surface area (Å²) in [5, 5.41) is 7.65. The molecular formula is C22H26N8. The SMILES string of the molecule is [C-]#[N+]c1ccc2c(c1)CCCN2c1n[nH]c2nc(N3CCC(C)(CN)CC3)cnc12. The number of H-pyrrole nitrogens is 1. The molecule has 0 saturated carbocycles. The van der Waals surface area contributed by atoms with Gasteiger partial charge in [0.25, 0.3) is 0 Å². The van der Waals surface area contributed by atoms with Crippen LogP contribution in [0.1, 0.15) is 31.7 Å². The van der Waals surface area contributed by atoms with Gasteiger partial charge in [0.15, 0.2) is 22.7 Å². The summed E-state index contributed by atoms with van der Waals surface area (Å²) < 4.78 is 0. The number of nitrogens with one attached hydrogen (secondary N) is 1. The third-order valence-corrected chi connectivity index (χ3v) is 6.59. The second-order valence-electron chi connectivity index (χ2n) is 8.65. The Bertz CT molecular complexity index is 1120. The zero-order valence-corrected chi connectivity index (χ0v) is 17.2. The highest BCUT2D eigenvalue weighted by molar-refractivity contribution is 5.88. The van der Waals surface area contributed by atoms with Gasteiger partial charge in [-0.15, -0.1) is 0 Å². The first-order chi connectivity index (χ1) is 14.6. The summed E-state index contributed by atoms with van der Waals surface area (Å²) in [7, 11) is 0. The number of nitrogens with two attached hydrogens (primary N) is 1. The van der Waals surface area contributed by atoms with E-state index in [2.05, 4.69) is 31.8 Å². The molecule has 30 heavy (non-hydrogen) atoms. The fourth-order valence-corrected chi connectivity index (χ4v) is 4.47. The molecule has 0 aliphatic carbocycles. The zero-order valence-electron chi connectivity index (χ0n) is 17.2. The molecule has 2 aliphatic rings. The molecule has 0 radical (unpaired) electrons. The van der Waals surface area contributed by atoms with Crippen molar-refractivity contribution in [3.8, 4) is 0 Å². The molecule has 0 atom stereocenters. The third kappa shape index (κ3) is 3.15. The van der Waals surface area contributed by atoms with Crippen LogP contribution in [0, 0.1) is 12.0 Å². The largest absolute Gasteiger partial charge is 0.355 e. The van der Waals surface area contributed by atoms with Crippen molar-refractivity contribution in [1.82, 2.24) is 20.2 Å². The number of anilines is 3. The van der Waals surface area contributed by atoms with E-state index in [9.17, 15) is 0 Å². The van der Waals surface area contributed by atoms with Gasteiger partial charge in [0, 0.05) is 25.3 Å². The average Bonchev–Trinajstić information content (AvgIpc) is 3.22. The molecule has 1 fully saturated rings. The Labute approximate surface area is 175 Å². The van der Waals surface area contributed by atoms with Crippen molar-refractivity contribution in [2.24, 2.45) is 11.1 Å². The van der Waals surface area contributed by atoms with Gasteiger partial charge < -0.3 is 15.5 Å². The average molecular weight is 403 g/mol. The first-order valence-corrected chi connectivity index (χ1v) is 10.5. The number of aromatic amines is 1. The molecule has 0 amide bonds. The number of nitrogens with zero attached hydrogens (tertiary/aromatic N) is 6. The summed E-state index contributed by atoms with van der Waals surface area (Å²) in [5.41, 5.74) is 10.6. The molecule has 0 unspecified atom stereocenters. The van der Waals surface area contributed by atoms with Crippen molar-refractivity contribution < 1.29 is 0 Å². The van der Waals surface area contributed by atoms with Crippen LogP contribution in [0.25, 0.3) is 16.0 Å². The van der Waals surface area contributed by atoms with Crippen LogP contribution in [-0.2, 0) is 6.42 Å². The zero-order chi connectivity index (χ0) is 20.7. The molecule has 154 valence electrons. The highest BCUT2D eigenvalue weighted by Crippen LogP contribution is 2.37. The summed E-state index contributed by atoms with van der Waals surface area (Å²) >= 11 is 0. The van der Waals surface area contributed by atoms with E-state index >= 15 is 0 Å². The van der Waals surface area contributed by atoms with Gasteiger partial charge in [0.1, 0.15) is 5.82 Å². The molecule has 3 aromatic rings. The van der Waals surface area contributed by atoms with Crippen LogP contribution in [0.3, 0.4) is 0 Å². The molecule has 4 heterocycles. The number of aryl methyl sites for hydroxylation is 1. The van der Waals surface area contributed by atoms with Crippen molar-refractivity contribution in [2.45, 2.75) is 32.6 Å². The molecule has 2 aliphatic heterocycles. The number of fused-ring (bicyclic) bond motifs is 2. The number of aromatic nitrogens is 4. The Morgan fingerprint density at radius 1 is 1.27 bits per heavy atom. The first kappa shape index (κ1) is 18.8. The van der Waals surface area contributed by atoms with Gasteiger partial charge in [-0.05, 0) is 49.3 Å². The number of hydrogen-bond donors (Lipinski definition) is 2. The fourth-order valence-electron chi connectivity index (χ4n) is 4.47. The van der Waals surface area contributed by atoms with Crippen molar-refractivity contribution >= 4 is 34.2 Å². The summed E-state index contributed by atoms with van der Waals surface area (Å²) in [4.78, 5) is 17.6. The van der Waals surface area contributed by atoms with E-state index in [1.165, 1.54) is 5.56 Å². The molecule has 1 saturated heterocycles. The molecule has 0 bridgehead atoms. The van der Waals surface area contributed by atoms with Crippen molar-refractivity contribution in [2.75, 3.05) is 36.0 Å². The number of rotatable bonds is 3. The highest BCUT2D eigenvalue weighted by Gasteiger charge is 2.30. The lowest BCUT2D eigenvalue weighted by atomic mass is 9.80. The van der Waals surface area contributed by atoms with Gasteiger partial charge >= 0.3 is 0 Å². The third-order valence-electron chi connectivity index (χ3n) is 6.59. The van der Waals surface area contributed by atoms with Crippen LogP contribution in [0.2, 0.25) is 0 Å². The predicted molar refractivity (Wildman–Crippen MR) is 118 cm³/mol. The lowest BCUT2D eigenvalue weighted by Gasteiger charge is -2.39. The molecule has 3 N–H and O–H groups in total. The number of hydrogen-bond acceptors (Lipinski definition) is 6. The second kappa shape index (κ2) is 7.26. The predicted octanol–water partition coefficient (Wildman–Crippen LogP) is 3.55. The lowest BCUT2D eigenvalue weighted by molar-refractivity contribution is 0.258. The second-order valence-corrected chi connectivity index (χ2v) is 8.65.